The zero-order valence-electron chi connectivity index (χ0n) is 7.27. The molecule has 1 aliphatic rings. The molecule has 0 atom stereocenters. The molecule has 1 heterocycles. The zero-order chi connectivity index (χ0) is 9.97. The fraction of sp³-hybridized carbons (Fsp3) is 0.100. The summed E-state index contributed by atoms with van der Waals surface area (Å²) >= 11 is 0. The van der Waals surface area contributed by atoms with Gasteiger partial charge in [-0.1, -0.05) is 12.1 Å². The number of fused-ring (bicyclic) bond motifs is 1. The van der Waals surface area contributed by atoms with Crippen molar-refractivity contribution in [2.45, 2.75) is 0 Å². The Labute approximate surface area is 80.4 Å². The highest BCUT2D eigenvalue weighted by molar-refractivity contribution is 5.86. The second-order valence-electron chi connectivity index (χ2n) is 2.75. The molecule has 72 valence electrons. The molecule has 0 bridgehead atoms. The molecule has 1 aliphatic heterocycles. The van der Waals surface area contributed by atoms with Crippen LogP contribution in [0, 0.1) is 0 Å². The lowest BCUT2D eigenvalue weighted by molar-refractivity contribution is -0.131. The van der Waals surface area contributed by atoms with Crippen molar-refractivity contribution >= 4 is 12.0 Å². The molecule has 14 heavy (non-hydrogen) atoms. The van der Waals surface area contributed by atoms with Gasteiger partial charge >= 0.3 is 5.97 Å². The Bertz CT molecular complexity index is 395. The van der Waals surface area contributed by atoms with Gasteiger partial charge < -0.3 is 14.6 Å². The van der Waals surface area contributed by atoms with Crippen LogP contribution >= 0.6 is 0 Å². The summed E-state index contributed by atoms with van der Waals surface area (Å²) in [5.41, 5.74) is 0.711. The summed E-state index contributed by atoms with van der Waals surface area (Å²) in [4.78, 5) is 10.3. The van der Waals surface area contributed by atoms with E-state index in [0.717, 1.165) is 6.08 Å². The van der Waals surface area contributed by atoms with Gasteiger partial charge in [-0.05, 0) is 12.1 Å². The van der Waals surface area contributed by atoms with E-state index in [9.17, 15) is 4.79 Å². The van der Waals surface area contributed by atoms with E-state index >= 15 is 0 Å². The summed E-state index contributed by atoms with van der Waals surface area (Å²) in [6.07, 6.45) is 2.55. The molecule has 1 aromatic carbocycles. The van der Waals surface area contributed by atoms with Gasteiger partial charge in [-0.25, -0.2) is 4.79 Å². The highest BCUT2D eigenvalue weighted by Crippen LogP contribution is 2.35. The Balaban J connectivity index is 2.35. The molecular formula is C10H8O4. The van der Waals surface area contributed by atoms with Crippen molar-refractivity contribution in [1.82, 2.24) is 0 Å². The number of aliphatic carboxylic acids is 1. The highest BCUT2D eigenvalue weighted by atomic mass is 16.7. The van der Waals surface area contributed by atoms with Crippen LogP contribution in [-0.4, -0.2) is 17.9 Å². The topological polar surface area (TPSA) is 55.8 Å². The minimum Gasteiger partial charge on any atom is -0.478 e. The summed E-state index contributed by atoms with van der Waals surface area (Å²) in [5, 5.41) is 8.46. The Morgan fingerprint density at radius 2 is 2.29 bits per heavy atom. The van der Waals surface area contributed by atoms with Crippen LogP contribution < -0.4 is 9.47 Å². The number of hydrogen-bond acceptors (Lipinski definition) is 3. The maximum atomic E-state index is 10.3. The van der Waals surface area contributed by atoms with Crippen molar-refractivity contribution in [1.29, 1.82) is 0 Å². The Morgan fingerprint density at radius 3 is 3.07 bits per heavy atom. The molecule has 0 aromatic heterocycles. The van der Waals surface area contributed by atoms with Gasteiger partial charge in [-0.2, -0.15) is 0 Å². The van der Waals surface area contributed by atoms with Crippen LogP contribution in [0.25, 0.3) is 6.08 Å². The fourth-order valence-electron chi connectivity index (χ4n) is 1.25. The molecule has 0 saturated heterocycles. The largest absolute Gasteiger partial charge is 0.478 e. The van der Waals surface area contributed by atoms with Crippen LogP contribution in [0.15, 0.2) is 24.3 Å². The molecule has 0 amide bonds. The number of carbonyl (C=O) groups is 1. The van der Waals surface area contributed by atoms with Crippen molar-refractivity contribution in [2.75, 3.05) is 6.79 Å². The number of ether oxygens (including phenoxy) is 2. The van der Waals surface area contributed by atoms with Gasteiger partial charge in [0, 0.05) is 11.6 Å². The van der Waals surface area contributed by atoms with Crippen molar-refractivity contribution in [3.05, 3.63) is 29.8 Å². The average molecular weight is 192 g/mol. The van der Waals surface area contributed by atoms with E-state index in [-0.39, 0.29) is 6.79 Å². The third-order valence-electron chi connectivity index (χ3n) is 1.83. The van der Waals surface area contributed by atoms with E-state index < -0.39 is 5.97 Å². The standard InChI is InChI=1S/C10H8O4/c11-9(12)5-4-7-2-1-3-8-10(7)14-6-13-8/h1-5H,6H2,(H,11,12). The molecule has 4 nitrogen and oxygen atoms in total. The predicted octanol–water partition coefficient (Wildman–Crippen LogP) is 1.51. The van der Waals surface area contributed by atoms with Crippen LogP contribution in [0.1, 0.15) is 5.56 Å². The normalized spacial score (nSPS) is 13.4. The van der Waals surface area contributed by atoms with Gasteiger partial charge in [0.05, 0.1) is 0 Å². The third kappa shape index (κ3) is 1.54. The van der Waals surface area contributed by atoms with E-state index in [4.69, 9.17) is 14.6 Å². The van der Waals surface area contributed by atoms with Crippen LogP contribution in [0.3, 0.4) is 0 Å². The lowest BCUT2D eigenvalue weighted by atomic mass is 10.2. The molecule has 0 saturated carbocycles. The van der Waals surface area contributed by atoms with Crippen molar-refractivity contribution in [3.8, 4) is 11.5 Å². The molecule has 0 unspecified atom stereocenters. The number of para-hydroxylation sites is 1. The minimum absolute atomic E-state index is 0.188. The monoisotopic (exact) mass is 192 g/mol. The smallest absolute Gasteiger partial charge is 0.328 e. The van der Waals surface area contributed by atoms with Gasteiger partial charge in [-0.3, -0.25) is 0 Å². The average Bonchev–Trinajstić information content (AvgIpc) is 2.62. The molecular weight excluding hydrogens is 184 g/mol. The third-order valence-corrected chi connectivity index (χ3v) is 1.83. The first-order chi connectivity index (χ1) is 6.77. The Hall–Kier alpha value is -1.97. The fourth-order valence-corrected chi connectivity index (χ4v) is 1.25. The maximum Gasteiger partial charge on any atom is 0.328 e. The lowest BCUT2D eigenvalue weighted by Crippen LogP contribution is -1.93. The Kier molecular flexibility index (Phi) is 2.10. The van der Waals surface area contributed by atoms with Crippen molar-refractivity contribution < 1.29 is 19.4 Å². The first kappa shape index (κ1) is 8.62. The lowest BCUT2D eigenvalue weighted by Gasteiger charge is -1.98. The van der Waals surface area contributed by atoms with Gasteiger partial charge in [0.15, 0.2) is 11.5 Å². The predicted molar refractivity (Wildman–Crippen MR) is 49.2 cm³/mol. The summed E-state index contributed by atoms with van der Waals surface area (Å²) in [7, 11) is 0. The van der Waals surface area contributed by atoms with Crippen LogP contribution in [0.4, 0.5) is 0 Å². The number of rotatable bonds is 2. The van der Waals surface area contributed by atoms with Gasteiger partial charge in [0.2, 0.25) is 6.79 Å². The van der Waals surface area contributed by atoms with Crippen LogP contribution in [0.5, 0.6) is 11.5 Å². The first-order valence-corrected chi connectivity index (χ1v) is 4.07. The summed E-state index contributed by atoms with van der Waals surface area (Å²) < 4.78 is 10.3. The van der Waals surface area contributed by atoms with E-state index in [1.54, 1.807) is 18.2 Å². The quantitative estimate of drug-likeness (QED) is 0.721. The van der Waals surface area contributed by atoms with Crippen molar-refractivity contribution in [3.63, 3.8) is 0 Å². The van der Waals surface area contributed by atoms with Crippen LogP contribution in [0.2, 0.25) is 0 Å². The van der Waals surface area contributed by atoms with Crippen LogP contribution in [-0.2, 0) is 4.79 Å². The molecule has 0 aliphatic carbocycles. The SMILES string of the molecule is O=C(O)C=Cc1cccc2c1OCO2. The maximum absolute atomic E-state index is 10.3. The molecule has 0 fully saturated rings. The second-order valence-corrected chi connectivity index (χ2v) is 2.75. The summed E-state index contributed by atoms with van der Waals surface area (Å²) in [5.74, 6) is 0.268. The number of hydrogen-bond donors (Lipinski definition) is 1. The van der Waals surface area contributed by atoms with Gasteiger partial charge in [0.1, 0.15) is 0 Å². The molecule has 2 rings (SSSR count). The zero-order valence-corrected chi connectivity index (χ0v) is 7.27. The molecule has 0 spiro atoms. The number of benzene rings is 1. The van der Waals surface area contributed by atoms with E-state index in [0.29, 0.717) is 17.1 Å². The van der Waals surface area contributed by atoms with Gasteiger partial charge in [0.25, 0.3) is 0 Å². The van der Waals surface area contributed by atoms with E-state index in [1.807, 2.05) is 0 Å². The first-order valence-electron chi connectivity index (χ1n) is 4.07. The second kappa shape index (κ2) is 3.41. The molecule has 1 N–H and O–H groups in total. The van der Waals surface area contributed by atoms with E-state index in [2.05, 4.69) is 0 Å². The summed E-state index contributed by atoms with van der Waals surface area (Å²) in [6, 6.07) is 5.34. The molecule has 4 heteroatoms. The Morgan fingerprint density at radius 1 is 1.43 bits per heavy atom. The number of carboxylic acid groups (broad SMARTS) is 1. The van der Waals surface area contributed by atoms with E-state index in [1.165, 1.54) is 6.08 Å². The van der Waals surface area contributed by atoms with Gasteiger partial charge in [-0.15, -0.1) is 0 Å². The highest BCUT2D eigenvalue weighted by Gasteiger charge is 2.15. The minimum atomic E-state index is -0.985. The summed E-state index contributed by atoms with van der Waals surface area (Å²) in [6.45, 7) is 0.188. The number of carboxylic acids is 1. The molecule has 1 aromatic rings. The van der Waals surface area contributed by atoms with Crippen molar-refractivity contribution in [2.24, 2.45) is 0 Å². The molecule has 0 radical (unpaired) electrons.